The van der Waals surface area contributed by atoms with E-state index in [0.717, 1.165) is 18.4 Å². The van der Waals surface area contributed by atoms with Crippen LogP contribution < -0.4 is 9.46 Å². The molecule has 2 aromatic carbocycles. The van der Waals surface area contributed by atoms with Crippen molar-refractivity contribution in [3.05, 3.63) is 59.1 Å². The highest BCUT2D eigenvalue weighted by Gasteiger charge is 2.31. The Bertz CT molecular complexity index is 928. The normalized spacial score (nSPS) is 15.4. The number of carbonyl (C=O) groups excluding carboxylic acids is 1. The number of carbonyl (C=O) groups is 1. The van der Waals surface area contributed by atoms with Crippen LogP contribution in [0.15, 0.2) is 53.4 Å². The van der Waals surface area contributed by atoms with E-state index in [4.69, 9.17) is 16.3 Å². The van der Waals surface area contributed by atoms with Gasteiger partial charge in [0.05, 0.1) is 17.0 Å². The van der Waals surface area contributed by atoms with E-state index in [-0.39, 0.29) is 22.2 Å². The minimum absolute atomic E-state index is 0.00872. The molecule has 6 nitrogen and oxygen atoms in total. The number of methoxy groups -OCH3 is 1. The van der Waals surface area contributed by atoms with E-state index < -0.39 is 16.1 Å². The Labute approximate surface area is 170 Å². The van der Waals surface area contributed by atoms with Crippen LogP contribution in [0.1, 0.15) is 18.4 Å². The summed E-state index contributed by atoms with van der Waals surface area (Å²) >= 11 is 6.08. The summed E-state index contributed by atoms with van der Waals surface area (Å²) in [5.74, 6) is 0.180. The highest BCUT2D eigenvalue weighted by Crippen LogP contribution is 2.27. The zero-order valence-corrected chi connectivity index (χ0v) is 17.2. The lowest BCUT2D eigenvalue weighted by molar-refractivity contribution is -0.131. The number of likely N-dealkylation sites (tertiary alicyclic amines) is 1. The standard InChI is InChI=1S/C20H23ClN2O4S/c1-27-19-10-9-16(14-17(19)21)28(25,26)22-18(13-15-7-3-2-4-8-15)20(24)23-11-5-6-12-23/h2-4,7-10,14,18,22H,5-6,11-13H2,1H3. The molecule has 0 aromatic heterocycles. The molecule has 0 bridgehead atoms. The van der Waals surface area contributed by atoms with Crippen LogP contribution in [0.5, 0.6) is 5.75 Å². The molecule has 1 atom stereocenters. The SMILES string of the molecule is COc1ccc(S(=O)(=O)NC(Cc2ccccc2)C(=O)N2CCCC2)cc1Cl. The van der Waals surface area contributed by atoms with E-state index in [1.165, 1.54) is 25.3 Å². The first-order valence-electron chi connectivity index (χ1n) is 9.09. The molecule has 150 valence electrons. The van der Waals surface area contributed by atoms with Crippen LogP contribution in [0, 0.1) is 0 Å². The number of benzene rings is 2. The second-order valence-corrected chi connectivity index (χ2v) is 8.81. The summed E-state index contributed by atoms with van der Waals surface area (Å²) in [6.45, 7) is 1.31. The molecule has 1 saturated heterocycles. The number of hydrogen-bond acceptors (Lipinski definition) is 4. The first kappa shape index (κ1) is 20.6. The van der Waals surface area contributed by atoms with Gasteiger partial charge in [0, 0.05) is 13.1 Å². The fraction of sp³-hybridized carbons (Fsp3) is 0.350. The molecular weight excluding hydrogens is 400 g/mol. The molecule has 0 radical (unpaired) electrons. The van der Waals surface area contributed by atoms with Gasteiger partial charge in [-0.25, -0.2) is 8.42 Å². The molecule has 28 heavy (non-hydrogen) atoms. The monoisotopic (exact) mass is 422 g/mol. The minimum atomic E-state index is -3.94. The molecule has 1 aliphatic rings. The third-order valence-corrected chi connectivity index (χ3v) is 6.49. The smallest absolute Gasteiger partial charge is 0.241 e. The van der Waals surface area contributed by atoms with Gasteiger partial charge < -0.3 is 9.64 Å². The maximum Gasteiger partial charge on any atom is 0.241 e. The van der Waals surface area contributed by atoms with Gasteiger partial charge in [0.1, 0.15) is 11.8 Å². The lowest BCUT2D eigenvalue weighted by atomic mass is 10.1. The van der Waals surface area contributed by atoms with E-state index in [1.807, 2.05) is 30.3 Å². The molecule has 1 N–H and O–H groups in total. The quantitative estimate of drug-likeness (QED) is 0.744. The topological polar surface area (TPSA) is 75.7 Å². The zero-order chi connectivity index (χ0) is 20.1. The average Bonchev–Trinajstić information content (AvgIpc) is 3.22. The number of halogens is 1. The second-order valence-electron chi connectivity index (χ2n) is 6.69. The van der Waals surface area contributed by atoms with Gasteiger partial charge in [-0.3, -0.25) is 4.79 Å². The van der Waals surface area contributed by atoms with Crippen LogP contribution in [0.3, 0.4) is 0 Å². The summed E-state index contributed by atoms with van der Waals surface area (Å²) in [6, 6.07) is 12.7. The Morgan fingerprint density at radius 3 is 2.46 bits per heavy atom. The number of amides is 1. The third kappa shape index (κ3) is 4.84. The Kier molecular flexibility index (Phi) is 6.59. The maximum atomic E-state index is 13.0. The zero-order valence-electron chi connectivity index (χ0n) is 15.6. The van der Waals surface area contributed by atoms with E-state index in [2.05, 4.69) is 4.72 Å². The van der Waals surface area contributed by atoms with Gasteiger partial charge in [-0.2, -0.15) is 4.72 Å². The first-order valence-corrected chi connectivity index (χ1v) is 11.0. The molecule has 1 unspecified atom stereocenters. The van der Waals surface area contributed by atoms with Crippen molar-refractivity contribution < 1.29 is 17.9 Å². The van der Waals surface area contributed by atoms with Crippen molar-refractivity contribution >= 4 is 27.5 Å². The van der Waals surface area contributed by atoms with Gasteiger partial charge >= 0.3 is 0 Å². The molecule has 0 saturated carbocycles. The predicted octanol–water partition coefficient (Wildman–Crippen LogP) is 2.86. The lowest BCUT2D eigenvalue weighted by Crippen LogP contribution is -2.48. The highest BCUT2D eigenvalue weighted by molar-refractivity contribution is 7.89. The number of hydrogen-bond donors (Lipinski definition) is 1. The van der Waals surface area contributed by atoms with Gasteiger partial charge in [-0.05, 0) is 43.0 Å². The highest BCUT2D eigenvalue weighted by atomic mass is 35.5. The number of rotatable bonds is 7. The van der Waals surface area contributed by atoms with Crippen LogP contribution in [0.4, 0.5) is 0 Å². The molecule has 3 rings (SSSR count). The van der Waals surface area contributed by atoms with Gasteiger partial charge in [0.15, 0.2) is 0 Å². The fourth-order valence-electron chi connectivity index (χ4n) is 3.26. The lowest BCUT2D eigenvalue weighted by Gasteiger charge is -2.24. The summed E-state index contributed by atoms with van der Waals surface area (Å²) in [5, 5.41) is 0.191. The Morgan fingerprint density at radius 1 is 1.18 bits per heavy atom. The van der Waals surface area contributed by atoms with Crippen LogP contribution in [-0.4, -0.2) is 45.5 Å². The largest absolute Gasteiger partial charge is 0.495 e. The van der Waals surface area contributed by atoms with Crippen LogP contribution in [-0.2, 0) is 21.2 Å². The van der Waals surface area contributed by atoms with Crippen molar-refractivity contribution in [3.63, 3.8) is 0 Å². The molecule has 8 heteroatoms. The van der Waals surface area contributed by atoms with Crippen LogP contribution in [0.2, 0.25) is 5.02 Å². The van der Waals surface area contributed by atoms with E-state index in [1.54, 1.807) is 4.90 Å². The number of nitrogens with zero attached hydrogens (tertiary/aromatic N) is 1. The Hall–Kier alpha value is -2.09. The van der Waals surface area contributed by atoms with E-state index in [0.29, 0.717) is 18.8 Å². The summed E-state index contributed by atoms with van der Waals surface area (Å²) in [4.78, 5) is 14.7. The Morgan fingerprint density at radius 2 is 1.86 bits per heavy atom. The number of sulfonamides is 1. The van der Waals surface area contributed by atoms with Gasteiger partial charge in [0.25, 0.3) is 0 Å². The average molecular weight is 423 g/mol. The predicted molar refractivity (Wildman–Crippen MR) is 108 cm³/mol. The first-order chi connectivity index (χ1) is 13.4. The van der Waals surface area contributed by atoms with E-state index >= 15 is 0 Å². The summed E-state index contributed by atoms with van der Waals surface area (Å²) in [7, 11) is -2.48. The minimum Gasteiger partial charge on any atom is -0.495 e. The summed E-state index contributed by atoms with van der Waals surface area (Å²) < 4.78 is 33.5. The van der Waals surface area contributed by atoms with Crippen molar-refractivity contribution in [2.45, 2.75) is 30.2 Å². The molecule has 2 aromatic rings. The molecule has 0 aliphatic carbocycles. The van der Waals surface area contributed by atoms with Crippen LogP contribution >= 0.6 is 11.6 Å². The summed E-state index contributed by atoms with van der Waals surface area (Å²) in [5.41, 5.74) is 0.885. The van der Waals surface area contributed by atoms with Crippen molar-refractivity contribution in [2.24, 2.45) is 0 Å². The van der Waals surface area contributed by atoms with Gasteiger partial charge in [-0.1, -0.05) is 41.9 Å². The van der Waals surface area contributed by atoms with Gasteiger partial charge in [-0.15, -0.1) is 0 Å². The number of nitrogens with one attached hydrogen (secondary N) is 1. The number of ether oxygens (including phenoxy) is 1. The molecular formula is C20H23ClN2O4S. The molecule has 1 amide bonds. The molecule has 1 aliphatic heterocycles. The van der Waals surface area contributed by atoms with Crippen molar-refractivity contribution in [1.82, 2.24) is 9.62 Å². The van der Waals surface area contributed by atoms with Crippen LogP contribution in [0.25, 0.3) is 0 Å². The van der Waals surface area contributed by atoms with E-state index in [9.17, 15) is 13.2 Å². The van der Waals surface area contributed by atoms with Gasteiger partial charge in [0.2, 0.25) is 15.9 Å². The van der Waals surface area contributed by atoms with Crippen molar-refractivity contribution in [3.8, 4) is 5.75 Å². The summed E-state index contributed by atoms with van der Waals surface area (Å²) in [6.07, 6.45) is 2.15. The molecule has 1 fully saturated rings. The molecule has 0 spiro atoms. The van der Waals surface area contributed by atoms with Crippen molar-refractivity contribution in [2.75, 3.05) is 20.2 Å². The second kappa shape index (κ2) is 8.94. The Balaban J connectivity index is 1.86. The fourth-order valence-corrected chi connectivity index (χ4v) is 4.79. The maximum absolute atomic E-state index is 13.0. The third-order valence-electron chi connectivity index (χ3n) is 4.73. The van der Waals surface area contributed by atoms with Crippen molar-refractivity contribution in [1.29, 1.82) is 0 Å². The molecule has 1 heterocycles.